The average Bonchev–Trinajstić information content (AvgIpc) is 3.01. The second-order valence-corrected chi connectivity index (χ2v) is 6.47. The van der Waals surface area contributed by atoms with Gasteiger partial charge < -0.3 is 20.1 Å². The lowest BCUT2D eigenvalue weighted by atomic mass is 10.1. The Morgan fingerprint density at radius 1 is 1.00 bits per heavy atom. The minimum atomic E-state index is -0.284. The molecule has 0 spiro atoms. The molecular weight excluding hydrogens is 354 g/mol. The molecular formula is C18H17N3O4S. The van der Waals surface area contributed by atoms with Crippen molar-refractivity contribution in [3.05, 3.63) is 42.0 Å². The van der Waals surface area contributed by atoms with E-state index in [0.29, 0.717) is 27.9 Å². The van der Waals surface area contributed by atoms with Gasteiger partial charge in [0, 0.05) is 24.2 Å². The van der Waals surface area contributed by atoms with Gasteiger partial charge in [0.2, 0.25) is 5.91 Å². The first kappa shape index (κ1) is 17.7. The fourth-order valence-electron chi connectivity index (χ4n) is 2.35. The number of hydrogen-bond donors (Lipinski definition) is 2. The minimum absolute atomic E-state index is 0.176. The highest BCUT2D eigenvalue weighted by molar-refractivity contribution is 7.22. The third-order valence-electron chi connectivity index (χ3n) is 3.54. The third kappa shape index (κ3) is 3.92. The first-order chi connectivity index (χ1) is 12.5. The second kappa shape index (κ2) is 7.40. The molecule has 26 heavy (non-hydrogen) atoms. The number of carbonyl (C=O) groups is 2. The van der Waals surface area contributed by atoms with E-state index in [9.17, 15) is 9.59 Å². The molecule has 0 atom stereocenters. The number of thiazole rings is 1. The number of benzene rings is 2. The van der Waals surface area contributed by atoms with Crippen LogP contribution in [0, 0.1) is 0 Å². The molecule has 0 unspecified atom stereocenters. The van der Waals surface area contributed by atoms with Gasteiger partial charge in [-0.15, -0.1) is 0 Å². The highest BCUT2D eigenvalue weighted by atomic mass is 32.1. The summed E-state index contributed by atoms with van der Waals surface area (Å²) in [6, 6.07) is 10.3. The molecule has 0 bridgehead atoms. The van der Waals surface area contributed by atoms with E-state index in [1.54, 1.807) is 30.3 Å². The van der Waals surface area contributed by atoms with Crippen LogP contribution in [0.2, 0.25) is 0 Å². The van der Waals surface area contributed by atoms with Crippen molar-refractivity contribution in [3.8, 4) is 11.5 Å². The number of methoxy groups -OCH3 is 2. The van der Waals surface area contributed by atoms with E-state index < -0.39 is 0 Å². The summed E-state index contributed by atoms with van der Waals surface area (Å²) in [6.07, 6.45) is 0. The van der Waals surface area contributed by atoms with E-state index in [-0.39, 0.29) is 11.8 Å². The van der Waals surface area contributed by atoms with Crippen LogP contribution in [0.4, 0.5) is 10.8 Å². The van der Waals surface area contributed by atoms with Crippen molar-refractivity contribution < 1.29 is 19.1 Å². The molecule has 7 nitrogen and oxygen atoms in total. The van der Waals surface area contributed by atoms with E-state index in [4.69, 9.17) is 9.47 Å². The van der Waals surface area contributed by atoms with Gasteiger partial charge in [-0.25, -0.2) is 4.98 Å². The molecule has 134 valence electrons. The van der Waals surface area contributed by atoms with Crippen LogP contribution in [0.25, 0.3) is 10.2 Å². The third-order valence-corrected chi connectivity index (χ3v) is 4.48. The van der Waals surface area contributed by atoms with E-state index in [0.717, 1.165) is 10.2 Å². The number of aromatic nitrogens is 1. The molecule has 1 aromatic heterocycles. The predicted octanol–water partition coefficient (Wildman–Crippen LogP) is 3.52. The first-order valence-electron chi connectivity index (χ1n) is 7.71. The Morgan fingerprint density at radius 2 is 1.69 bits per heavy atom. The standard InChI is InChI=1S/C18H17N3O4S/c1-10(22)19-18-21-15-5-4-12(8-16(15)26-18)20-17(23)11-6-13(24-2)9-14(7-11)25-3/h4-9H,1-3H3,(H,20,23)(H,19,21,22). The SMILES string of the molecule is COc1cc(OC)cc(C(=O)Nc2ccc3nc(NC(C)=O)sc3c2)c1. The van der Waals surface area contributed by atoms with Crippen LogP contribution >= 0.6 is 11.3 Å². The van der Waals surface area contributed by atoms with Gasteiger partial charge in [0.05, 0.1) is 24.4 Å². The van der Waals surface area contributed by atoms with Gasteiger partial charge in [-0.3, -0.25) is 9.59 Å². The summed E-state index contributed by atoms with van der Waals surface area (Å²) in [5.74, 6) is 0.609. The van der Waals surface area contributed by atoms with Crippen molar-refractivity contribution in [1.29, 1.82) is 0 Å². The van der Waals surface area contributed by atoms with E-state index in [1.807, 2.05) is 6.07 Å². The highest BCUT2D eigenvalue weighted by Crippen LogP contribution is 2.29. The fourth-order valence-corrected chi connectivity index (χ4v) is 3.30. The molecule has 3 aromatic rings. The van der Waals surface area contributed by atoms with Gasteiger partial charge in [-0.05, 0) is 30.3 Å². The van der Waals surface area contributed by atoms with E-state index in [1.165, 1.54) is 32.5 Å². The smallest absolute Gasteiger partial charge is 0.255 e. The van der Waals surface area contributed by atoms with Crippen LogP contribution in [-0.4, -0.2) is 31.0 Å². The summed E-state index contributed by atoms with van der Waals surface area (Å²) in [7, 11) is 3.06. The maximum absolute atomic E-state index is 12.5. The predicted molar refractivity (Wildman–Crippen MR) is 101 cm³/mol. The molecule has 2 aromatic carbocycles. The van der Waals surface area contributed by atoms with Gasteiger partial charge in [0.25, 0.3) is 5.91 Å². The van der Waals surface area contributed by atoms with Crippen molar-refractivity contribution in [2.24, 2.45) is 0 Å². The zero-order chi connectivity index (χ0) is 18.7. The zero-order valence-corrected chi connectivity index (χ0v) is 15.3. The summed E-state index contributed by atoms with van der Waals surface area (Å²) in [5, 5.41) is 6.03. The number of carbonyl (C=O) groups excluding carboxylic acids is 2. The number of ether oxygens (including phenoxy) is 2. The van der Waals surface area contributed by atoms with Crippen molar-refractivity contribution in [1.82, 2.24) is 4.98 Å². The Labute approximate surface area is 154 Å². The lowest BCUT2D eigenvalue weighted by Gasteiger charge is -2.09. The Kier molecular flexibility index (Phi) is 5.04. The molecule has 8 heteroatoms. The van der Waals surface area contributed by atoms with Crippen LogP contribution in [-0.2, 0) is 4.79 Å². The number of nitrogens with one attached hydrogen (secondary N) is 2. The monoisotopic (exact) mass is 371 g/mol. The topological polar surface area (TPSA) is 89.6 Å². The van der Waals surface area contributed by atoms with Gasteiger partial charge in [-0.1, -0.05) is 11.3 Å². The van der Waals surface area contributed by atoms with Gasteiger partial charge in [-0.2, -0.15) is 0 Å². The molecule has 3 rings (SSSR count). The van der Waals surface area contributed by atoms with Crippen molar-refractivity contribution in [2.75, 3.05) is 24.9 Å². The Bertz CT molecular complexity index is 961. The summed E-state index contributed by atoms with van der Waals surface area (Å²) in [4.78, 5) is 28.0. The van der Waals surface area contributed by atoms with E-state index >= 15 is 0 Å². The summed E-state index contributed by atoms with van der Waals surface area (Å²) < 4.78 is 11.2. The van der Waals surface area contributed by atoms with Crippen molar-refractivity contribution in [2.45, 2.75) is 6.92 Å². The van der Waals surface area contributed by atoms with Gasteiger partial charge in [0.15, 0.2) is 5.13 Å². The molecule has 0 fully saturated rings. The van der Waals surface area contributed by atoms with E-state index in [2.05, 4.69) is 15.6 Å². The summed E-state index contributed by atoms with van der Waals surface area (Å²) >= 11 is 1.34. The lowest BCUT2D eigenvalue weighted by molar-refractivity contribution is -0.114. The molecule has 0 aliphatic heterocycles. The van der Waals surface area contributed by atoms with Crippen molar-refractivity contribution >= 4 is 44.2 Å². The molecule has 1 heterocycles. The summed E-state index contributed by atoms with van der Waals surface area (Å²) in [6.45, 7) is 1.43. The van der Waals surface area contributed by atoms with Gasteiger partial charge in [0.1, 0.15) is 11.5 Å². The molecule has 2 N–H and O–H groups in total. The average molecular weight is 371 g/mol. The van der Waals surface area contributed by atoms with Crippen molar-refractivity contribution in [3.63, 3.8) is 0 Å². The number of amides is 2. The molecule has 0 saturated heterocycles. The van der Waals surface area contributed by atoms with Gasteiger partial charge >= 0.3 is 0 Å². The Hall–Kier alpha value is -3.13. The van der Waals surface area contributed by atoms with Crippen LogP contribution in [0.5, 0.6) is 11.5 Å². The number of fused-ring (bicyclic) bond motifs is 1. The normalized spacial score (nSPS) is 10.4. The number of anilines is 2. The zero-order valence-electron chi connectivity index (χ0n) is 14.5. The quantitative estimate of drug-likeness (QED) is 0.716. The lowest BCUT2D eigenvalue weighted by Crippen LogP contribution is -2.12. The number of hydrogen-bond acceptors (Lipinski definition) is 6. The fraction of sp³-hybridized carbons (Fsp3) is 0.167. The summed E-state index contributed by atoms with van der Waals surface area (Å²) in [5.41, 5.74) is 1.80. The maximum Gasteiger partial charge on any atom is 0.255 e. The Morgan fingerprint density at radius 3 is 2.31 bits per heavy atom. The first-order valence-corrected chi connectivity index (χ1v) is 8.53. The Balaban J connectivity index is 1.83. The molecule has 0 saturated carbocycles. The van der Waals surface area contributed by atoms with Crippen LogP contribution in [0.15, 0.2) is 36.4 Å². The largest absolute Gasteiger partial charge is 0.497 e. The van der Waals surface area contributed by atoms with Crippen LogP contribution in [0.3, 0.4) is 0 Å². The molecule has 0 aliphatic rings. The molecule has 0 aliphatic carbocycles. The molecule has 2 amide bonds. The van der Waals surface area contributed by atoms with Crippen LogP contribution in [0.1, 0.15) is 17.3 Å². The maximum atomic E-state index is 12.5. The highest BCUT2D eigenvalue weighted by Gasteiger charge is 2.12. The minimum Gasteiger partial charge on any atom is -0.497 e. The van der Waals surface area contributed by atoms with Crippen LogP contribution < -0.4 is 20.1 Å². The number of nitrogens with zero attached hydrogens (tertiary/aromatic N) is 1. The molecule has 0 radical (unpaired) electrons. The number of rotatable bonds is 5. The second-order valence-electron chi connectivity index (χ2n) is 5.44.